The molecule has 0 aliphatic carbocycles. The van der Waals surface area contributed by atoms with Crippen LogP contribution in [0.4, 0.5) is 5.69 Å². The molecule has 0 aliphatic heterocycles. The summed E-state index contributed by atoms with van der Waals surface area (Å²) in [5, 5.41) is 10.5. The SMILES string of the molecule is COC(=O)CN(C)S(=O)(=O)c1cc([N+](=O)[O-])ccc1Cl. The van der Waals surface area contributed by atoms with E-state index in [4.69, 9.17) is 11.6 Å². The topological polar surface area (TPSA) is 107 Å². The molecule has 0 bridgehead atoms. The lowest BCUT2D eigenvalue weighted by Crippen LogP contribution is -2.32. The molecule has 8 nitrogen and oxygen atoms in total. The largest absolute Gasteiger partial charge is 0.468 e. The predicted octanol–water partition coefficient (Wildman–Crippen LogP) is 1.04. The minimum Gasteiger partial charge on any atom is -0.468 e. The average Bonchev–Trinajstić information content (AvgIpc) is 2.38. The Balaban J connectivity index is 3.24. The Morgan fingerprint density at radius 3 is 2.60 bits per heavy atom. The smallest absolute Gasteiger partial charge is 0.321 e. The van der Waals surface area contributed by atoms with Crippen molar-refractivity contribution in [2.75, 3.05) is 20.7 Å². The number of hydrogen-bond donors (Lipinski definition) is 0. The fourth-order valence-electron chi connectivity index (χ4n) is 1.30. The number of nitro groups is 1. The summed E-state index contributed by atoms with van der Waals surface area (Å²) >= 11 is 5.76. The number of rotatable bonds is 5. The van der Waals surface area contributed by atoms with Gasteiger partial charge in [0.1, 0.15) is 11.4 Å². The van der Waals surface area contributed by atoms with Gasteiger partial charge in [0.15, 0.2) is 0 Å². The van der Waals surface area contributed by atoms with E-state index in [0.29, 0.717) is 4.31 Å². The Morgan fingerprint density at radius 1 is 1.50 bits per heavy atom. The Hall–Kier alpha value is -1.71. The quantitative estimate of drug-likeness (QED) is 0.455. The molecule has 0 saturated heterocycles. The molecule has 0 heterocycles. The van der Waals surface area contributed by atoms with Gasteiger partial charge >= 0.3 is 5.97 Å². The number of likely N-dealkylation sites (N-methyl/N-ethyl adjacent to an activating group) is 1. The summed E-state index contributed by atoms with van der Waals surface area (Å²) in [5.74, 6) is -0.766. The van der Waals surface area contributed by atoms with Crippen molar-refractivity contribution < 1.29 is 22.9 Å². The van der Waals surface area contributed by atoms with E-state index >= 15 is 0 Å². The number of carbonyl (C=O) groups excluding carboxylic acids is 1. The highest BCUT2D eigenvalue weighted by atomic mass is 35.5. The Kier molecular flexibility index (Phi) is 5.03. The van der Waals surface area contributed by atoms with Gasteiger partial charge < -0.3 is 4.74 Å². The highest BCUT2D eigenvalue weighted by Crippen LogP contribution is 2.28. The summed E-state index contributed by atoms with van der Waals surface area (Å²) in [5.41, 5.74) is -0.417. The summed E-state index contributed by atoms with van der Waals surface area (Å²) < 4.78 is 29.4. The van der Waals surface area contributed by atoms with Crippen LogP contribution in [0.15, 0.2) is 23.1 Å². The number of non-ortho nitro benzene ring substituents is 1. The van der Waals surface area contributed by atoms with E-state index in [-0.39, 0.29) is 5.02 Å². The summed E-state index contributed by atoms with van der Waals surface area (Å²) in [7, 11) is -1.88. The second-order valence-corrected chi connectivity index (χ2v) is 6.13. The van der Waals surface area contributed by atoms with Crippen LogP contribution in [0.2, 0.25) is 5.02 Å². The lowest BCUT2D eigenvalue weighted by molar-refractivity contribution is -0.385. The van der Waals surface area contributed by atoms with Gasteiger partial charge in [-0.3, -0.25) is 14.9 Å². The first kappa shape index (κ1) is 16.3. The van der Waals surface area contributed by atoms with Crippen molar-refractivity contribution in [2.24, 2.45) is 0 Å². The third-order valence-electron chi connectivity index (χ3n) is 2.39. The van der Waals surface area contributed by atoms with Gasteiger partial charge in [0.2, 0.25) is 10.0 Å². The maximum absolute atomic E-state index is 12.2. The lowest BCUT2D eigenvalue weighted by atomic mass is 10.3. The molecule has 1 rings (SSSR count). The molecule has 0 aliphatic rings. The highest BCUT2D eigenvalue weighted by Gasteiger charge is 2.27. The monoisotopic (exact) mass is 322 g/mol. The molecular weight excluding hydrogens is 312 g/mol. The summed E-state index contributed by atoms with van der Waals surface area (Å²) in [6, 6.07) is 3.03. The van der Waals surface area contributed by atoms with Crippen LogP contribution in [0.3, 0.4) is 0 Å². The molecule has 0 saturated carbocycles. The number of benzene rings is 1. The highest BCUT2D eigenvalue weighted by molar-refractivity contribution is 7.89. The molecule has 110 valence electrons. The Morgan fingerprint density at radius 2 is 2.10 bits per heavy atom. The fourth-order valence-corrected chi connectivity index (χ4v) is 2.91. The molecule has 0 amide bonds. The van der Waals surface area contributed by atoms with Gasteiger partial charge in [0.25, 0.3) is 5.69 Å². The Labute approximate surface area is 120 Å². The lowest BCUT2D eigenvalue weighted by Gasteiger charge is -2.16. The van der Waals surface area contributed by atoms with Crippen LogP contribution in [-0.2, 0) is 19.6 Å². The molecule has 20 heavy (non-hydrogen) atoms. The Bertz CT molecular complexity index is 645. The van der Waals surface area contributed by atoms with Gasteiger partial charge in [-0.25, -0.2) is 8.42 Å². The number of nitrogens with zero attached hydrogens (tertiary/aromatic N) is 2. The van der Waals surface area contributed by atoms with E-state index in [1.807, 2.05) is 0 Å². The molecule has 0 N–H and O–H groups in total. The fraction of sp³-hybridized carbons (Fsp3) is 0.300. The van der Waals surface area contributed by atoms with Crippen molar-refractivity contribution >= 4 is 33.3 Å². The first-order chi connectivity index (χ1) is 9.20. The second-order valence-electron chi connectivity index (χ2n) is 3.71. The van der Waals surface area contributed by atoms with Crippen LogP contribution >= 0.6 is 11.6 Å². The number of nitro benzene ring substituents is 1. The van der Waals surface area contributed by atoms with Crippen molar-refractivity contribution in [1.82, 2.24) is 4.31 Å². The molecule has 0 aromatic heterocycles. The maximum Gasteiger partial charge on any atom is 0.321 e. The molecule has 0 radical (unpaired) electrons. The molecule has 10 heteroatoms. The van der Waals surface area contributed by atoms with Crippen molar-refractivity contribution in [3.8, 4) is 0 Å². The molecular formula is C10H11ClN2O6S. The minimum absolute atomic E-state index is 0.174. The van der Waals surface area contributed by atoms with Crippen LogP contribution in [0.5, 0.6) is 0 Å². The zero-order chi connectivity index (χ0) is 15.5. The maximum atomic E-state index is 12.2. The van der Waals surface area contributed by atoms with Crippen LogP contribution in [0.25, 0.3) is 0 Å². The molecule has 0 fully saturated rings. The molecule has 0 unspecified atom stereocenters. The van der Waals surface area contributed by atoms with Crippen molar-refractivity contribution in [2.45, 2.75) is 4.90 Å². The number of hydrogen-bond acceptors (Lipinski definition) is 6. The standard InChI is InChI=1S/C10H11ClN2O6S/c1-12(6-10(14)19-2)20(17,18)9-5-7(13(15)16)3-4-8(9)11/h3-5H,6H2,1-2H3. The number of sulfonamides is 1. The third kappa shape index (κ3) is 3.44. The van der Waals surface area contributed by atoms with Gasteiger partial charge in [0.05, 0.1) is 17.1 Å². The van der Waals surface area contributed by atoms with E-state index in [1.165, 1.54) is 0 Å². The van der Waals surface area contributed by atoms with E-state index in [9.17, 15) is 23.3 Å². The van der Waals surface area contributed by atoms with Crippen LogP contribution in [-0.4, -0.2) is 44.3 Å². The van der Waals surface area contributed by atoms with E-state index in [0.717, 1.165) is 32.4 Å². The number of carbonyl (C=O) groups is 1. The van der Waals surface area contributed by atoms with Crippen LogP contribution < -0.4 is 0 Å². The summed E-state index contributed by atoms with van der Waals surface area (Å²) in [6.07, 6.45) is 0. The molecule has 0 spiro atoms. The minimum atomic E-state index is -4.13. The molecule has 1 aromatic carbocycles. The van der Waals surface area contributed by atoms with Gasteiger partial charge in [-0.15, -0.1) is 0 Å². The number of esters is 1. The summed E-state index contributed by atoms with van der Waals surface area (Å²) in [6.45, 7) is -0.530. The van der Waals surface area contributed by atoms with Gasteiger partial charge in [0, 0.05) is 19.2 Å². The summed E-state index contributed by atoms with van der Waals surface area (Å²) in [4.78, 5) is 20.6. The molecule has 0 atom stereocenters. The average molecular weight is 323 g/mol. The van der Waals surface area contributed by atoms with Crippen LogP contribution in [0, 0.1) is 10.1 Å². The zero-order valence-electron chi connectivity index (χ0n) is 10.6. The molecule has 1 aromatic rings. The first-order valence-electron chi connectivity index (χ1n) is 5.17. The van der Waals surface area contributed by atoms with Crippen molar-refractivity contribution in [3.63, 3.8) is 0 Å². The van der Waals surface area contributed by atoms with Crippen molar-refractivity contribution in [3.05, 3.63) is 33.3 Å². The number of ether oxygens (including phenoxy) is 1. The van der Waals surface area contributed by atoms with Gasteiger partial charge in [-0.2, -0.15) is 4.31 Å². The van der Waals surface area contributed by atoms with Gasteiger partial charge in [-0.1, -0.05) is 11.6 Å². The normalized spacial score (nSPS) is 11.4. The van der Waals surface area contributed by atoms with Crippen molar-refractivity contribution in [1.29, 1.82) is 0 Å². The zero-order valence-corrected chi connectivity index (χ0v) is 12.1. The van der Waals surface area contributed by atoms with E-state index < -0.39 is 38.0 Å². The second kappa shape index (κ2) is 6.16. The number of methoxy groups -OCH3 is 1. The van der Waals surface area contributed by atoms with Gasteiger partial charge in [-0.05, 0) is 6.07 Å². The van der Waals surface area contributed by atoms with E-state index in [1.54, 1.807) is 0 Å². The van der Waals surface area contributed by atoms with E-state index in [2.05, 4.69) is 4.74 Å². The van der Waals surface area contributed by atoms with Crippen LogP contribution in [0.1, 0.15) is 0 Å². The predicted molar refractivity (Wildman–Crippen MR) is 69.9 cm³/mol. The third-order valence-corrected chi connectivity index (χ3v) is 4.68. The first-order valence-corrected chi connectivity index (χ1v) is 6.99. The number of halogens is 1.